The van der Waals surface area contributed by atoms with Crippen molar-refractivity contribution < 1.29 is 26.0 Å². The highest BCUT2D eigenvalue weighted by molar-refractivity contribution is 7.92. The molecule has 0 aromatic heterocycles. The summed E-state index contributed by atoms with van der Waals surface area (Å²) in [5, 5.41) is 0. The topological polar surface area (TPSA) is 74.7 Å². The second-order valence-corrected chi connectivity index (χ2v) is 6.65. The van der Waals surface area contributed by atoms with E-state index in [0.717, 1.165) is 16.6 Å². The molecule has 1 aromatic rings. The third kappa shape index (κ3) is 2.02. The van der Waals surface area contributed by atoms with E-state index in [4.69, 9.17) is 4.55 Å². The summed E-state index contributed by atoms with van der Waals surface area (Å²) in [6, 6.07) is 0.774. The molecule has 1 aromatic carbocycles. The standard InChI is InChI=1S/C9H9F2NO4S2/c1-18(15,16)12-3-2-5-7(12)4-6(10)9(8(5)11)17(13)14/h4H,2-3H2,1H3,(H,13,14). The summed E-state index contributed by atoms with van der Waals surface area (Å²) in [5.41, 5.74) is -0.166. The van der Waals surface area contributed by atoms with Crippen molar-refractivity contribution in [2.45, 2.75) is 11.3 Å². The number of hydrogen-bond donors (Lipinski definition) is 1. The monoisotopic (exact) mass is 297 g/mol. The Labute approximate surface area is 105 Å². The van der Waals surface area contributed by atoms with Crippen LogP contribution in [0.4, 0.5) is 14.5 Å². The van der Waals surface area contributed by atoms with Gasteiger partial charge in [-0.15, -0.1) is 0 Å². The number of fused-ring (bicyclic) bond motifs is 1. The zero-order valence-electron chi connectivity index (χ0n) is 9.18. The molecule has 0 spiro atoms. The van der Waals surface area contributed by atoms with Crippen molar-refractivity contribution in [2.75, 3.05) is 17.1 Å². The van der Waals surface area contributed by atoms with Crippen LogP contribution in [0.15, 0.2) is 11.0 Å². The molecule has 100 valence electrons. The van der Waals surface area contributed by atoms with Crippen LogP contribution in [-0.4, -0.2) is 30.0 Å². The third-order valence-electron chi connectivity index (χ3n) is 2.66. The van der Waals surface area contributed by atoms with Gasteiger partial charge in [-0.3, -0.25) is 4.31 Å². The first-order chi connectivity index (χ1) is 8.23. The van der Waals surface area contributed by atoms with Crippen LogP contribution in [0.5, 0.6) is 0 Å². The van der Waals surface area contributed by atoms with Gasteiger partial charge in [0.05, 0.1) is 11.9 Å². The summed E-state index contributed by atoms with van der Waals surface area (Å²) in [4.78, 5) is -0.941. The Morgan fingerprint density at radius 1 is 1.44 bits per heavy atom. The fraction of sp³-hybridized carbons (Fsp3) is 0.333. The summed E-state index contributed by atoms with van der Waals surface area (Å²) in [5.74, 6) is -2.39. The molecule has 0 radical (unpaired) electrons. The van der Waals surface area contributed by atoms with E-state index in [2.05, 4.69) is 0 Å². The number of halogens is 2. The fourth-order valence-electron chi connectivity index (χ4n) is 1.93. The molecule has 1 aliphatic rings. The van der Waals surface area contributed by atoms with Crippen molar-refractivity contribution in [3.8, 4) is 0 Å². The van der Waals surface area contributed by atoms with E-state index in [9.17, 15) is 21.4 Å². The first-order valence-electron chi connectivity index (χ1n) is 4.83. The van der Waals surface area contributed by atoms with Crippen LogP contribution < -0.4 is 4.31 Å². The maximum atomic E-state index is 13.8. The smallest absolute Gasteiger partial charge is 0.232 e. The molecule has 18 heavy (non-hydrogen) atoms. The Bertz CT molecular complexity index is 644. The Morgan fingerprint density at radius 2 is 2.06 bits per heavy atom. The molecule has 0 aliphatic carbocycles. The van der Waals surface area contributed by atoms with Crippen molar-refractivity contribution >= 4 is 26.8 Å². The molecule has 0 amide bonds. The Balaban J connectivity index is 2.69. The second kappa shape index (κ2) is 4.25. The first-order valence-corrected chi connectivity index (χ1v) is 7.78. The maximum Gasteiger partial charge on any atom is 0.232 e. The van der Waals surface area contributed by atoms with Gasteiger partial charge in [-0.2, -0.15) is 0 Å². The highest BCUT2D eigenvalue weighted by atomic mass is 32.2. The number of sulfonamides is 1. The van der Waals surface area contributed by atoms with Gasteiger partial charge in [0.25, 0.3) is 0 Å². The van der Waals surface area contributed by atoms with Gasteiger partial charge in [-0.1, -0.05) is 0 Å². The number of hydrogen-bond acceptors (Lipinski definition) is 3. The fourth-order valence-corrected chi connectivity index (χ4v) is 3.37. The van der Waals surface area contributed by atoms with E-state index < -0.39 is 37.6 Å². The summed E-state index contributed by atoms with van der Waals surface area (Å²) in [6.45, 7) is -0.00789. The zero-order chi connectivity index (χ0) is 13.7. The van der Waals surface area contributed by atoms with Gasteiger partial charge in [-0.25, -0.2) is 21.4 Å². The largest absolute Gasteiger partial charge is 0.302 e. The van der Waals surface area contributed by atoms with E-state index in [1.807, 2.05) is 0 Å². The molecule has 0 saturated carbocycles. The van der Waals surface area contributed by atoms with Crippen LogP contribution >= 0.6 is 0 Å². The van der Waals surface area contributed by atoms with Crippen LogP contribution in [0.1, 0.15) is 5.56 Å². The van der Waals surface area contributed by atoms with E-state index in [1.54, 1.807) is 0 Å². The van der Waals surface area contributed by atoms with Crippen molar-refractivity contribution in [3.05, 3.63) is 23.3 Å². The van der Waals surface area contributed by atoms with Gasteiger partial charge >= 0.3 is 0 Å². The average molecular weight is 297 g/mol. The molecule has 0 saturated heterocycles. The number of nitrogens with zero attached hydrogens (tertiary/aromatic N) is 1. The van der Waals surface area contributed by atoms with Crippen molar-refractivity contribution in [3.63, 3.8) is 0 Å². The summed E-state index contributed by atoms with van der Waals surface area (Å²) < 4.78 is 70.7. The van der Waals surface area contributed by atoms with Crippen LogP contribution in [0.2, 0.25) is 0 Å². The van der Waals surface area contributed by atoms with Gasteiger partial charge in [0.1, 0.15) is 16.5 Å². The number of benzene rings is 1. The minimum absolute atomic E-state index is 0.00789. The minimum Gasteiger partial charge on any atom is -0.302 e. The van der Waals surface area contributed by atoms with E-state index in [-0.39, 0.29) is 24.2 Å². The van der Waals surface area contributed by atoms with Gasteiger partial charge in [-0.05, 0) is 6.42 Å². The molecule has 1 atom stereocenters. The number of anilines is 1. The summed E-state index contributed by atoms with van der Waals surface area (Å²) in [6.07, 6.45) is 0.967. The zero-order valence-corrected chi connectivity index (χ0v) is 10.8. The van der Waals surface area contributed by atoms with E-state index in [1.165, 1.54) is 0 Å². The Hall–Kier alpha value is -1.06. The highest BCUT2D eigenvalue weighted by Crippen LogP contribution is 2.35. The van der Waals surface area contributed by atoms with Gasteiger partial charge in [0.2, 0.25) is 10.0 Å². The van der Waals surface area contributed by atoms with Crippen LogP contribution in [0.25, 0.3) is 0 Å². The van der Waals surface area contributed by atoms with Gasteiger partial charge in [0, 0.05) is 18.2 Å². The lowest BCUT2D eigenvalue weighted by Crippen LogP contribution is -2.27. The average Bonchev–Trinajstić information content (AvgIpc) is 2.59. The molecule has 1 aliphatic heterocycles. The van der Waals surface area contributed by atoms with Crippen LogP contribution in [0, 0.1) is 11.6 Å². The molecule has 5 nitrogen and oxygen atoms in total. The van der Waals surface area contributed by atoms with Crippen molar-refractivity contribution in [1.29, 1.82) is 0 Å². The number of rotatable bonds is 2. The maximum absolute atomic E-state index is 13.8. The Morgan fingerprint density at radius 3 is 2.56 bits per heavy atom. The summed E-state index contributed by atoms with van der Waals surface area (Å²) >= 11 is -2.79. The molecule has 1 heterocycles. The summed E-state index contributed by atoms with van der Waals surface area (Å²) in [7, 11) is -3.62. The van der Waals surface area contributed by atoms with Gasteiger partial charge in [0.15, 0.2) is 11.1 Å². The molecular formula is C9H9F2NO4S2. The predicted molar refractivity (Wildman–Crippen MR) is 61.3 cm³/mol. The lowest BCUT2D eigenvalue weighted by atomic mass is 10.1. The van der Waals surface area contributed by atoms with Crippen LogP contribution in [0.3, 0.4) is 0 Å². The lowest BCUT2D eigenvalue weighted by Gasteiger charge is -2.16. The molecular weight excluding hydrogens is 288 g/mol. The molecule has 1 N–H and O–H groups in total. The van der Waals surface area contributed by atoms with E-state index >= 15 is 0 Å². The quantitative estimate of drug-likeness (QED) is 0.822. The second-order valence-electron chi connectivity index (χ2n) is 3.83. The minimum atomic E-state index is -3.62. The lowest BCUT2D eigenvalue weighted by molar-refractivity contribution is 0.503. The molecule has 1 unspecified atom stereocenters. The molecule has 0 fully saturated rings. The van der Waals surface area contributed by atoms with Crippen molar-refractivity contribution in [2.24, 2.45) is 0 Å². The van der Waals surface area contributed by atoms with Gasteiger partial charge < -0.3 is 4.55 Å². The molecule has 9 heteroatoms. The normalized spacial score (nSPS) is 16.8. The SMILES string of the molecule is CS(=O)(=O)N1CCc2c1cc(F)c(S(=O)O)c2F. The highest BCUT2D eigenvalue weighted by Gasteiger charge is 2.32. The first kappa shape index (κ1) is 13.4. The predicted octanol–water partition coefficient (Wildman–Crippen LogP) is 0.867. The van der Waals surface area contributed by atoms with E-state index in [0.29, 0.717) is 0 Å². The molecule has 0 bridgehead atoms. The molecule has 2 rings (SSSR count). The third-order valence-corrected chi connectivity index (χ3v) is 4.57. The van der Waals surface area contributed by atoms with Crippen molar-refractivity contribution in [1.82, 2.24) is 0 Å². The Kier molecular flexibility index (Phi) is 3.16. The van der Waals surface area contributed by atoms with Crippen LogP contribution in [-0.2, 0) is 27.5 Å².